The Labute approximate surface area is 157 Å². The van der Waals surface area contributed by atoms with Gasteiger partial charge in [-0.15, -0.1) is 11.3 Å². The summed E-state index contributed by atoms with van der Waals surface area (Å²) in [5, 5.41) is 6.97. The monoisotopic (exact) mass is 369 g/mol. The fourth-order valence-electron chi connectivity index (χ4n) is 2.53. The zero-order chi connectivity index (χ0) is 18.9. The van der Waals surface area contributed by atoms with E-state index < -0.39 is 0 Å². The minimum absolute atomic E-state index is 0.0653. The topological polar surface area (TPSA) is 68.0 Å². The Morgan fingerprint density at radius 1 is 1.23 bits per heavy atom. The highest BCUT2D eigenvalue weighted by atomic mass is 32.1. The van der Waals surface area contributed by atoms with Crippen molar-refractivity contribution in [2.45, 2.75) is 46.5 Å². The van der Waals surface area contributed by atoms with Crippen molar-refractivity contribution < 1.29 is 9.32 Å². The maximum absolute atomic E-state index is 12.6. The maximum Gasteiger partial charge on any atom is 0.255 e. The van der Waals surface area contributed by atoms with Gasteiger partial charge in [-0.25, -0.2) is 0 Å². The van der Waals surface area contributed by atoms with E-state index in [0.29, 0.717) is 23.7 Å². The summed E-state index contributed by atoms with van der Waals surface area (Å²) in [4.78, 5) is 18.8. The molecule has 0 saturated carbocycles. The quantitative estimate of drug-likeness (QED) is 0.685. The molecule has 1 aromatic carbocycles. The first-order valence-electron chi connectivity index (χ1n) is 8.63. The van der Waals surface area contributed by atoms with Gasteiger partial charge in [0.2, 0.25) is 11.7 Å². The van der Waals surface area contributed by atoms with E-state index >= 15 is 0 Å². The van der Waals surface area contributed by atoms with Crippen molar-refractivity contribution in [3.05, 3.63) is 52.2 Å². The highest BCUT2D eigenvalue weighted by Crippen LogP contribution is 2.33. The molecule has 0 bridgehead atoms. The van der Waals surface area contributed by atoms with E-state index in [-0.39, 0.29) is 11.3 Å². The predicted molar refractivity (Wildman–Crippen MR) is 105 cm³/mol. The van der Waals surface area contributed by atoms with Gasteiger partial charge in [0.1, 0.15) is 0 Å². The van der Waals surface area contributed by atoms with Crippen molar-refractivity contribution in [3.8, 4) is 10.7 Å². The fraction of sp³-hybridized carbons (Fsp3) is 0.350. The maximum atomic E-state index is 12.6. The van der Waals surface area contributed by atoms with Crippen LogP contribution in [0.15, 0.2) is 34.9 Å². The average molecular weight is 369 g/mol. The van der Waals surface area contributed by atoms with Gasteiger partial charge < -0.3 is 9.84 Å². The van der Waals surface area contributed by atoms with Crippen molar-refractivity contribution in [3.63, 3.8) is 0 Å². The Morgan fingerprint density at radius 3 is 2.50 bits per heavy atom. The summed E-state index contributed by atoms with van der Waals surface area (Å²) in [6.45, 7) is 10.4. The highest BCUT2D eigenvalue weighted by Gasteiger charge is 2.17. The summed E-state index contributed by atoms with van der Waals surface area (Å²) < 4.78 is 5.16. The summed E-state index contributed by atoms with van der Waals surface area (Å²) >= 11 is 1.53. The van der Waals surface area contributed by atoms with Crippen LogP contribution in [0.5, 0.6) is 0 Å². The number of nitrogens with one attached hydrogen (secondary N) is 1. The lowest BCUT2D eigenvalue weighted by Crippen LogP contribution is -2.14. The van der Waals surface area contributed by atoms with E-state index in [0.717, 1.165) is 15.4 Å². The summed E-state index contributed by atoms with van der Waals surface area (Å²) in [5.41, 5.74) is 2.68. The molecule has 3 rings (SSSR count). The van der Waals surface area contributed by atoms with E-state index in [1.54, 1.807) is 0 Å². The largest absolute Gasteiger partial charge is 0.339 e. The lowest BCUT2D eigenvalue weighted by molar-refractivity contribution is 0.102. The Kier molecular flexibility index (Phi) is 4.96. The smallest absolute Gasteiger partial charge is 0.255 e. The third-order valence-corrected chi connectivity index (χ3v) is 5.22. The van der Waals surface area contributed by atoms with Gasteiger partial charge in [0.25, 0.3) is 5.91 Å². The number of aryl methyl sites for hydroxylation is 2. The van der Waals surface area contributed by atoms with Crippen molar-refractivity contribution in [1.29, 1.82) is 0 Å². The fourth-order valence-corrected chi connectivity index (χ4v) is 3.43. The second kappa shape index (κ2) is 7.03. The highest BCUT2D eigenvalue weighted by molar-refractivity contribution is 7.16. The number of carbonyl (C=O) groups is 1. The van der Waals surface area contributed by atoms with Gasteiger partial charge in [0.05, 0.1) is 10.6 Å². The minimum atomic E-state index is -0.125. The van der Waals surface area contributed by atoms with E-state index in [4.69, 9.17) is 4.52 Å². The number of nitrogens with zero attached hydrogens (tertiary/aromatic N) is 2. The van der Waals surface area contributed by atoms with Gasteiger partial charge in [-0.1, -0.05) is 45.0 Å². The predicted octanol–water partition coefficient (Wildman–Crippen LogP) is 5.22. The number of amides is 1. The Hall–Kier alpha value is -2.47. The third-order valence-electron chi connectivity index (χ3n) is 4.17. The molecule has 2 aromatic heterocycles. The van der Waals surface area contributed by atoms with E-state index in [1.807, 2.05) is 44.2 Å². The van der Waals surface area contributed by atoms with Crippen LogP contribution in [0.4, 0.5) is 5.69 Å². The van der Waals surface area contributed by atoms with Crippen LogP contribution in [0.2, 0.25) is 0 Å². The van der Waals surface area contributed by atoms with Gasteiger partial charge in [-0.05, 0) is 36.1 Å². The van der Waals surface area contributed by atoms with Crippen LogP contribution in [0.1, 0.15) is 54.4 Å². The van der Waals surface area contributed by atoms with Gasteiger partial charge in [0.15, 0.2) is 0 Å². The second-order valence-corrected chi connectivity index (χ2v) is 8.48. The summed E-state index contributed by atoms with van der Waals surface area (Å²) in [5.74, 6) is 1.04. The molecule has 0 saturated heterocycles. The number of thiophene rings is 1. The number of hydrogen-bond acceptors (Lipinski definition) is 5. The molecule has 5 nitrogen and oxygen atoms in total. The molecule has 6 heteroatoms. The van der Waals surface area contributed by atoms with E-state index in [1.165, 1.54) is 16.9 Å². The molecule has 1 amide bonds. The van der Waals surface area contributed by atoms with Crippen LogP contribution in [-0.4, -0.2) is 16.0 Å². The number of carbonyl (C=O) groups excluding carboxylic acids is 1. The second-order valence-electron chi connectivity index (χ2n) is 7.23. The number of benzene rings is 1. The van der Waals surface area contributed by atoms with Crippen LogP contribution in [-0.2, 0) is 11.8 Å². The van der Waals surface area contributed by atoms with Crippen LogP contribution >= 0.6 is 11.3 Å². The van der Waals surface area contributed by atoms with Crippen molar-refractivity contribution in [2.75, 3.05) is 5.32 Å². The molecule has 2 heterocycles. The molecule has 0 fully saturated rings. The van der Waals surface area contributed by atoms with Crippen molar-refractivity contribution in [2.24, 2.45) is 0 Å². The molecular weight excluding hydrogens is 346 g/mol. The summed E-state index contributed by atoms with van der Waals surface area (Å²) in [6.07, 6.45) is 0.700. The standard InChI is InChI=1S/C20H23N3O2S/c1-6-17-22-18(23-25-17)16-11-15(12(2)26-16)21-19(24)13-7-9-14(10-8-13)20(3,4)5/h7-11H,6H2,1-5H3,(H,21,24). The third kappa shape index (κ3) is 3.85. The summed E-state index contributed by atoms with van der Waals surface area (Å²) in [6, 6.07) is 9.64. The number of aromatic nitrogens is 2. The molecule has 0 aliphatic heterocycles. The first-order chi connectivity index (χ1) is 12.3. The van der Waals surface area contributed by atoms with Crippen LogP contribution in [0.25, 0.3) is 10.7 Å². The van der Waals surface area contributed by atoms with E-state index in [9.17, 15) is 4.79 Å². The molecule has 0 radical (unpaired) electrons. The molecule has 136 valence electrons. The van der Waals surface area contributed by atoms with Gasteiger partial charge in [-0.3, -0.25) is 4.79 Å². The van der Waals surface area contributed by atoms with Crippen molar-refractivity contribution >= 4 is 22.9 Å². The van der Waals surface area contributed by atoms with Crippen LogP contribution in [0.3, 0.4) is 0 Å². The number of rotatable bonds is 4. The van der Waals surface area contributed by atoms with Gasteiger partial charge >= 0.3 is 0 Å². The molecule has 26 heavy (non-hydrogen) atoms. The van der Waals surface area contributed by atoms with Crippen LogP contribution < -0.4 is 5.32 Å². The molecule has 0 spiro atoms. The molecule has 1 N–H and O–H groups in total. The van der Waals surface area contributed by atoms with Gasteiger partial charge in [-0.2, -0.15) is 4.98 Å². The first-order valence-corrected chi connectivity index (χ1v) is 9.45. The average Bonchev–Trinajstić information content (AvgIpc) is 3.21. The number of anilines is 1. The minimum Gasteiger partial charge on any atom is -0.339 e. The molecule has 3 aromatic rings. The Bertz CT molecular complexity index is 917. The molecular formula is C20H23N3O2S. The first kappa shape index (κ1) is 18.3. The molecule has 0 unspecified atom stereocenters. The lowest BCUT2D eigenvalue weighted by atomic mass is 9.87. The van der Waals surface area contributed by atoms with Crippen LogP contribution in [0, 0.1) is 6.92 Å². The normalized spacial score (nSPS) is 11.6. The molecule has 0 aliphatic carbocycles. The van der Waals surface area contributed by atoms with Gasteiger partial charge in [0, 0.05) is 16.9 Å². The van der Waals surface area contributed by atoms with E-state index in [2.05, 4.69) is 36.2 Å². The zero-order valence-corrected chi connectivity index (χ0v) is 16.5. The molecule has 0 aliphatic rings. The lowest BCUT2D eigenvalue weighted by Gasteiger charge is -2.19. The Balaban J connectivity index is 1.77. The number of hydrogen-bond donors (Lipinski definition) is 1. The summed E-state index contributed by atoms with van der Waals surface area (Å²) in [7, 11) is 0. The SMILES string of the molecule is CCc1nc(-c2cc(NC(=O)c3ccc(C(C)(C)C)cc3)c(C)s2)no1. The Morgan fingerprint density at radius 2 is 1.92 bits per heavy atom. The van der Waals surface area contributed by atoms with Crippen molar-refractivity contribution in [1.82, 2.24) is 10.1 Å². The zero-order valence-electron chi connectivity index (χ0n) is 15.7. The molecule has 0 atom stereocenters.